The van der Waals surface area contributed by atoms with Crippen LogP contribution in [-0.2, 0) is 24.1 Å². The van der Waals surface area contributed by atoms with E-state index in [1.165, 1.54) is 100 Å². The van der Waals surface area contributed by atoms with E-state index in [1.54, 1.807) is 0 Å². The molecule has 1 N–H and O–H groups in total. The molecule has 6 aliphatic carbocycles. The van der Waals surface area contributed by atoms with Crippen molar-refractivity contribution < 1.29 is 4.79 Å². The average molecular weight is 452 g/mol. The molecular weight excluding hydrogens is 406 g/mol. The first kappa shape index (κ1) is 22.2. The van der Waals surface area contributed by atoms with Crippen molar-refractivity contribution in [1.29, 1.82) is 0 Å². The van der Waals surface area contributed by atoms with Crippen LogP contribution >= 0.6 is 0 Å². The Hall–Kier alpha value is -1.32. The lowest BCUT2D eigenvalue weighted by atomic mass is 9.65. The van der Waals surface area contributed by atoms with E-state index in [9.17, 15) is 4.79 Å². The van der Waals surface area contributed by atoms with Crippen LogP contribution in [0.25, 0.3) is 0 Å². The molecule has 3 unspecified atom stereocenters. The summed E-state index contributed by atoms with van der Waals surface area (Å²) in [5.41, 5.74) is 4.18. The van der Waals surface area contributed by atoms with E-state index < -0.39 is 5.41 Å². The van der Waals surface area contributed by atoms with Gasteiger partial charge < -0.3 is 5.32 Å². The summed E-state index contributed by atoms with van der Waals surface area (Å²) < 4.78 is 2.42. The van der Waals surface area contributed by atoms with Crippen LogP contribution in [0, 0.1) is 28.6 Å². The predicted octanol–water partition coefficient (Wildman–Crippen LogP) is 6.17. The summed E-state index contributed by atoms with van der Waals surface area (Å²) in [7, 11) is 0. The molecule has 4 bridgehead atoms. The minimum atomic E-state index is -0.419. The minimum Gasteiger partial charge on any atom is -0.353 e. The number of nitrogens with zero attached hydrogens (tertiary/aromatic N) is 2. The summed E-state index contributed by atoms with van der Waals surface area (Å²) in [6.07, 6.45) is 19.3. The molecule has 4 nitrogen and oxygen atoms in total. The first-order chi connectivity index (χ1) is 15.8. The van der Waals surface area contributed by atoms with Gasteiger partial charge in [-0.1, -0.05) is 33.1 Å². The molecule has 1 aromatic heterocycles. The Balaban J connectivity index is 1.18. The number of aromatic nitrogens is 2. The average Bonchev–Trinajstić information content (AvgIpc) is 3.39. The number of carbonyl (C=O) groups excluding carboxylic acids is 1. The molecule has 1 heterocycles. The van der Waals surface area contributed by atoms with Crippen LogP contribution in [0.1, 0.15) is 121 Å². The van der Waals surface area contributed by atoms with Crippen LogP contribution < -0.4 is 5.32 Å². The van der Waals surface area contributed by atoms with Crippen molar-refractivity contribution in [3.63, 3.8) is 0 Å². The third-order valence-electron chi connectivity index (χ3n) is 10.7. The molecule has 7 rings (SSSR count). The molecule has 33 heavy (non-hydrogen) atoms. The van der Waals surface area contributed by atoms with E-state index >= 15 is 0 Å². The minimum absolute atomic E-state index is 0.240. The van der Waals surface area contributed by atoms with Crippen LogP contribution in [-0.4, -0.2) is 21.7 Å². The summed E-state index contributed by atoms with van der Waals surface area (Å²) in [5, 5.41) is 8.79. The smallest absolute Gasteiger partial charge is 0.226 e. The van der Waals surface area contributed by atoms with Crippen molar-refractivity contribution in [2.45, 2.75) is 129 Å². The summed E-state index contributed by atoms with van der Waals surface area (Å²) in [6, 6.07) is 0.886. The van der Waals surface area contributed by atoms with Crippen molar-refractivity contribution in [1.82, 2.24) is 15.1 Å². The van der Waals surface area contributed by atoms with Crippen LogP contribution in [0.5, 0.6) is 0 Å². The van der Waals surface area contributed by atoms with Gasteiger partial charge in [-0.3, -0.25) is 9.48 Å². The molecule has 0 aromatic carbocycles. The normalized spacial score (nSPS) is 34.5. The Kier molecular flexibility index (Phi) is 5.46. The maximum absolute atomic E-state index is 13.6. The highest BCUT2D eigenvalue weighted by atomic mass is 16.2. The van der Waals surface area contributed by atoms with Crippen molar-refractivity contribution in [3.05, 3.63) is 17.0 Å². The summed E-state index contributed by atoms with van der Waals surface area (Å²) in [5.74, 6) is 3.08. The molecule has 5 saturated carbocycles. The lowest BCUT2D eigenvalue weighted by molar-refractivity contribution is -0.131. The van der Waals surface area contributed by atoms with Crippen molar-refractivity contribution in [3.8, 4) is 0 Å². The van der Waals surface area contributed by atoms with Gasteiger partial charge in [0, 0.05) is 23.6 Å². The van der Waals surface area contributed by atoms with Gasteiger partial charge in [0.15, 0.2) is 0 Å². The Morgan fingerprint density at radius 1 is 1.06 bits per heavy atom. The Labute approximate surface area is 200 Å². The van der Waals surface area contributed by atoms with Gasteiger partial charge in [-0.25, -0.2) is 0 Å². The maximum Gasteiger partial charge on any atom is 0.226 e. The molecular formula is C29H45N3O. The molecule has 3 atom stereocenters. The Morgan fingerprint density at radius 3 is 2.45 bits per heavy atom. The van der Waals surface area contributed by atoms with Crippen LogP contribution in [0.15, 0.2) is 0 Å². The molecule has 0 radical (unpaired) electrons. The highest BCUT2D eigenvalue weighted by Gasteiger charge is 2.58. The van der Waals surface area contributed by atoms with Gasteiger partial charge in [0.2, 0.25) is 5.91 Å². The topological polar surface area (TPSA) is 46.9 Å². The van der Waals surface area contributed by atoms with Gasteiger partial charge in [-0.05, 0) is 106 Å². The predicted molar refractivity (Wildman–Crippen MR) is 132 cm³/mol. The highest BCUT2D eigenvalue weighted by Crippen LogP contribution is 2.65. The van der Waals surface area contributed by atoms with Gasteiger partial charge in [0.1, 0.15) is 0 Å². The number of rotatable bonds is 6. The largest absolute Gasteiger partial charge is 0.353 e. The number of amides is 1. The molecule has 0 saturated heterocycles. The van der Waals surface area contributed by atoms with E-state index in [2.05, 4.69) is 30.8 Å². The van der Waals surface area contributed by atoms with Gasteiger partial charge in [-0.15, -0.1) is 0 Å². The molecule has 4 heteroatoms. The van der Waals surface area contributed by atoms with Crippen LogP contribution in [0.2, 0.25) is 0 Å². The monoisotopic (exact) mass is 451 g/mol. The van der Waals surface area contributed by atoms with Crippen molar-refractivity contribution >= 4 is 5.91 Å². The van der Waals surface area contributed by atoms with Gasteiger partial charge >= 0.3 is 0 Å². The molecule has 0 aliphatic heterocycles. The van der Waals surface area contributed by atoms with Crippen LogP contribution in [0.3, 0.4) is 0 Å². The fourth-order valence-electron chi connectivity index (χ4n) is 8.92. The second-order valence-electron chi connectivity index (χ2n) is 13.4. The number of hydrogen-bond acceptors (Lipinski definition) is 2. The molecule has 182 valence electrons. The van der Waals surface area contributed by atoms with E-state index in [-0.39, 0.29) is 5.91 Å². The first-order valence-electron chi connectivity index (χ1n) is 14.2. The molecule has 5 fully saturated rings. The molecule has 0 spiro atoms. The van der Waals surface area contributed by atoms with Crippen LogP contribution in [0.4, 0.5) is 0 Å². The van der Waals surface area contributed by atoms with Gasteiger partial charge in [0.25, 0.3) is 0 Å². The first-order valence-corrected chi connectivity index (χ1v) is 14.2. The molecule has 1 aromatic rings. The maximum atomic E-state index is 13.6. The SMILES string of the molecule is CC(NC(=O)C(C)(C)Cc1nn(C2CCCCC2)c2c1CCCC2)C12CC3CC(C1)C(C3)C2. The fourth-order valence-corrected chi connectivity index (χ4v) is 8.92. The quantitative estimate of drug-likeness (QED) is 0.562. The third-order valence-corrected chi connectivity index (χ3v) is 10.7. The number of hydrogen-bond donors (Lipinski definition) is 1. The zero-order chi connectivity index (χ0) is 22.8. The van der Waals surface area contributed by atoms with E-state index in [1.807, 2.05) is 0 Å². The summed E-state index contributed by atoms with van der Waals surface area (Å²) in [4.78, 5) is 13.6. The summed E-state index contributed by atoms with van der Waals surface area (Å²) >= 11 is 0. The summed E-state index contributed by atoms with van der Waals surface area (Å²) in [6.45, 7) is 6.61. The Morgan fingerprint density at radius 2 is 1.76 bits per heavy atom. The van der Waals surface area contributed by atoms with E-state index in [0.29, 0.717) is 17.5 Å². The lowest BCUT2D eigenvalue weighted by Gasteiger charge is -2.44. The third kappa shape index (κ3) is 3.78. The van der Waals surface area contributed by atoms with Gasteiger partial charge in [-0.2, -0.15) is 5.10 Å². The zero-order valence-electron chi connectivity index (χ0n) is 21.3. The number of fused-ring (bicyclic) bond motifs is 1. The second-order valence-corrected chi connectivity index (χ2v) is 13.4. The fraction of sp³-hybridized carbons (Fsp3) is 0.862. The second kappa shape index (κ2) is 8.12. The highest BCUT2D eigenvalue weighted by molar-refractivity contribution is 5.82. The standard InChI is InChI=1S/C29H45N3O/c1-19(29-15-20-13-21(16-29)22(14-20)17-29)30-27(33)28(2,3)18-25-24-11-7-8-12-26(24)32(31-25)23-9-5-4-6-10-23/h19-23H,4-18H2,1-3H3,(H,30,33). The van der Waals surface area contributed by atoms with Crippen molar-refractivity contribution in [2.75, 3.05) is 0 Å². The zero-order valence-corrected chi connectivity index (χ0v) is 21.3. The van der Waals surface area contributed by atoms with Crippen molar-refractivity contribution in [2.24, 2.45) is 28.6 Å². The van der Waals surface area contributed by atoms with Gasteiger partial charge in [0.05, 0.1) is 11.7 Å². The number of carbonyl (C=O) groups is 1. The molecule has 6 aliphatic rings. The molecule has 1 amide bonds. The Bertz CT molecular complexity index is 889. The lowest BCUT2D eigenvalue weighted by Crippen LogP contribution is -2.51. The number of nitrogens with one attached hydrogen (secondary N) is 1. The van der Waals surface area contributed by atoms with E-state index in [0.717, 1.165) is 30.6 Å². The van der Waals surface area contributed by atoms with E-state index in [4.69, 9.17) is 5.10 Å².